The summed E-state index contributed by atoms with van der Waals surface area (Å²) in [5.41, 5.74) is 3.92. The van der Waals surface area contributed by atoms with Gasteiger partial charge in [-0.3, -0.25) is 4.79 Å². The number of nitrogens with zero attached hydrogens (tertiary/aromatic N) is 1. The maximum atomic E-state index is 11.9. The number of thiophene rings is 1. The highest BCUT2D eigenvalue weighted by atomic mass is 32.1. The number of nitrogens with one attached hydrogen (secondary N) is 2. The molecule has 0 saturated carbocycles. The summed E-state index contributed by atoms with van der Waals surface area (Å²) < 4.78 is 10.5. The highest BCUT2D eigenvalue weighted by Gasteiger charge is 2.09. The van der Waals surface area contributed by atoms with E-state index in [1.54, 1.807) is 49.6 Å². The quantitative estimate of drug-likeness (QED) is 0.257. The number of hydrogen-bond donors (Lipinski definition) is 2. The van der Waals surface area contributed by atoms with Crippen molar-refractivity contribution in [3.8, 4) is 11.5 Å². The summed E-state index contributed by atoms with van der Waals surface area (Å²) in [6, 6.07) is 17.6. The van der Waals surface area contributed by atoms with Crippen LogP contribution in [0.2, 0.25) is 0 Å². The van der Waals surface area contributed by atoms with Crippen LogP contribution in [0.15, 0.2) is 71.1 Å². The van der Waals surface area contributed by atoms with Gasteiger partial charge in [-0.2, -0.15) is 5.10 Å². The third kappa shape index (κ3) is 5.91. The molecule has 0 unspecified atom stereocenters. The van der Waals surface area contributed by atoms with Crippen molar-refractivity contribution in [3.63, 3.8) is 0 Å². The molecular weight excluding hydrogens is 390 g/mol. The second kappa shape index (κ2) is 10.0. The van der Waals surface area contributed by atoms with E-state index < -0.39 is 5.97 Å². The maximum Gasteiger partial charge on any atom is 0.353 e. The van der Waals surface area contributed by atoms with Crippen LogP contribution in [-0.4, -0.2) is 31.7 Å². The van der Waals surface area contributed by atoms with Crippen LogP contribution in [0, 0.1) is 0 Å². The van der Waals surface area contributed by atoms with Gasteiger partial charge in [0.05, 0.1) is 25.6 Å². The lowest BCUT2D eigenvalue weighted by molar-refractivity contribution is -0.119. The molecule has 0 fully saturated rings. The monoisotopic (exact) mass is 409 g/mol. The van der Waals surface area contributed by atoms with E-state index in [2.05, 4.69) is 15.8 Å². The Morgan fingerprint density at radius 3 is 2.59 bits per heavy atom. The Labute approximate surface area is 172 Å². The van der Waals surface area contributed by atoms with Gasteiger partial charge in [0.2, 0.25) is 0 Å². The zero-order chi connectivity index (χ0) is 20.5. The van der Waals surface area contributed by atoms with Crippen LogP contribution < -0.4 is 20.2 Å². The first-order chi connectivity index (χ1) is 14.2. The van der Waals surface area contributed by atoms with Gasteiger partial charge >= 0.3 is 5.97 Å². The third-order valence-corrected chi connectivity index (χ3v) is 4.61. The van der Waals surface area contributed by atoms with E-state index >= 15 is 0 Å². The van der Waals surface area contributed by atoms with Crippen molar-refractivity contribution in [3.05, 3.63) is 76.5 Å². The summed E-state index contributed by atoms with van der Waals surface area (Å²) in [6.07, 6.45) is 1.51. The van der Waals surface area contributed by atoms with E-state index in [9.17, 15) is 9.59 Å². The van der Waals surface area contributed by atoms with Crippen LogP contribution in [0.5, 0.6) is 11.5 Å². The first-order valence-corrected chi connectivity index (χ1v) is 9.58. The van der Waals surface area contributed by atoms with Crippen LogP contribution >= 0.6 is 11.3 Å². The van der Waals surface area contributed by atoms with E-state index in [0.29, 0.717) is 16.4 Å². The number of hydrogen-bond acceptors (Lipinski definition) is 7. The number of hydrazone groups is 1. The van der Waals surface area contributed by atoms with Crippen molar-refractivity contribution in [1.29, 1.82) is 0 Å². The van der Waals surface area contributed by atoms with Crippen LogP contribution in [-0.2, 0) is 4.79 Å². The predicted molar refractivity (Wildman–Crippen MR) is 113 cm³/mol. The van der Waals surface area contributed by atoms with Gasteiger partial charge in [0, 0.05) is 0 Å². The maximum absolute atomic E-state index is 11.9. The second-order valence-electron chi connectivity index (χ2n) is 5.78. The number of carbonyl (C=O) groups is 2. The molecule has 0 radical (unpaired) electrons. The van der Waals surface area contributed by atoms with Crippen LogP contribution in [0.25, 0.3) is 0 Å². The molecule has 0 spiro atoms. The molecule has 7 nitrogen and oxygen atoms in total. The standard InChI is InChI=1S/C21H19N3O4S/c1-27-18-6-3-2-5-17(18)22-14-20(25)24-23-13-15-8-10-16(11-9-15)28-21(26)19-7-4-12-29-19/h2-13,22H,14H2,1H3,(H,24,25)/b23-13-. The fraction of sp³-hybridized carbons (Fsp3) is 0.0952. The zero-order valence-corrected chi connectivity index (χ0v) is 16.4. The van der Waals surface area contributed by atoms with Crippen molar-refractivity contribution in [2.45, 2.75) is 0 Å². The molecule has 0 aliphatic heterocycles. The van der Waals surface area contributed by atoms with E-state index in [-0.39, 0.29) is 12.5 Å². The van der Waals surface area contributed by atoms with Gasteiger partial charge in [0.1, 0.15) is 16.4 Å². The van der Waals surface area contributed by atoms with Crippen molar-refractivity contribution in [2.24, 2.45) is 5.10 Å². The number of rotatable bonds is 8. The molecule has 148 valence electrons. The molecule has 2 N–H and O–H groups in total. The molecule has 0 atom stereocenters. The Balaban J connectivity index is 1.46. The average molecular weight is 409 g/mol. The lowest BCUT2D eigenvalue weighted by atomic mass is 10.2. The minimum absolute atomic E-state index is 0.0509. The summed E-state index contributed by atoms with van der Waals surface area (Å²) in [4.78, 5) is 24.4. The molecule has 0 aliphatic carbocycles. The Morgan fingerprint density at radius 2 is 1.86 bits per heavy atom. The lowest BCUT2D eigenvalue weighted by Gasteiger charge is -2.09. The number of methoxy groups -OCH3 is 1. The molecule has 1 amide bonds. The molecule has 3 aromatic rings. The number of esters is 1. The first-order valence-electron chi connectivity index (χ1n) is 8.70. The summed E-state index contributed by atoms with van der Waals surface area (Å²) in [6.45, 7) is 0.0509. The number of anilines is 1. The molecular formula is C21H19N3O4S. The Kier molecular flexibility index (Phi) is 6.96. The zero-order valence-electron chi connectivity index (χ0n) is 15.6. The number of amides is 1. The molecule has 29 heavy (non-hydrogen) atoms. The number of carbonyl (C=O) groups excluding carboxylic acids is 2. The van der Waals surface area contributed by atoms with E-state index in [0.717, 1.165) is 11.3 Å². The Hall–Kier alpha value is -3.65. The Morgan fingerprint density at radius 1 is 1.07 bits per heavy atom. The van der Waals surface area contributed by atoms with Crippen molar-refractivity contribution in [1.82, 2.24) is 5.43 Å². The highest BCUT2D eigenvalue weighted by Crippen LogP contribution is 2.22. The fourth-order valence-electron chi connectivity index (χ4n) is 2.36. The first kappa shape index (κ1) is 20.1. The fourth-order valence-corrected chi connectivity index (χ4v) is 2.96. The molecule has 1 heterocycles. The van der Waals surface area contributed by atoms with Gasteiger partial charge in [0.25, 0.3) is 5.91 Å². The number of para-hydroxylation sites is 2. The minimum atomic E-state index is -0.392. The molecule has 3 rings (SSSR count). The van der Waals surface area contributed by atoms with Crippen molar-refractivity contribution >= 4 is 35.1 Å². The largest absolute Gasteiger partial charge is 0.495 e. The average Bonchev–Trinajstić information content (AvgIpc) is 3.29. The number of benzene rings is 2. The molecule has 0 bridgehead atoms. The van der Waals surface area contributed by atoms with E-state index in [1.807, 2.05) is 23.6 Å². The van der Waals surface area contributed by atoms with Gasteiger partial charge < -0.3 is 14.8 Å². The van der Waals surface area contributed by atoms with Crippen LogP contribution in [0.3, 0.4) is 0 Å². The minimum Gasteiger partial charge on any atom is -0.495 e. The second-order valence-corrected chi connectivity index (χ2v) is 6.73. The summed E-state index contributed by atoms with van der Waals surface area (Å²) in [5, 5.41) is 8.73. The normalized spacial score (nSPS) is 10.5. The van der Waals surface area contributed by atoms with Gasteiger partial charge in [-0.15, -0.1) is 11.3 Å². The van der Waals surface area contributed by atoms with Gasteiger partial charge in [-0.05, 0) is 53.4 Å². The molecule has 1 aromatic heterocycles. The van der Waals surface area contributed by atoms with Gasteiger partial charge in [0.15, 0.2) is 0 Å². The topological polar surface area (TPSA) is 89.0 Å². The van der Waals surface area contributed by atoms with Crippen LogP contribution in [0.4, 0.5) is 5.69 Å². The smallest absolute Gasteiger partial charge is 0.353 e. The summed E-state index contributed by atoms with van der Waals surface area (Å²) in [7, 11) is 1.57. The summed E-state index contributed by atoms with van der Waals surface area (Å²) in [5.74, 6) is 0.402. The Bertz CT molecular complexity index is 985. The SMILES string of the molecule is COc1ccccc1NCC(=O)N/N=C\c1ccc(OC(=O)c2cccs2)cc1. The number of ether oxygens (including phenoxy) is 2. The lowest BCUT2D eigenvalue weighted by Crippen LogP contribution is -2.26. The van der Waals surface area contributed by atoms with Crippen molar-refractivity contribution < 1.29 is 19.1 Å². The molecule has 0 aliphatic rings. The van der Waals surface area contributed by atoms with E-state index in [4.69, 9.17) is 9.47 Å². The molecule has 0 saturated heterocycles. The summed E-state index contributed by atoms with van der Waals surface area (Å²) >= 11 is 1.32. The molecule has 2 aromatic carbocycles. The van der Waals surface area contributed by atoms with Gasteiger partial charge in [-0.25, -0.2) is 10.2 Å². The highest BCUT2D eigenvalue weighted by molar-refractivity contribution is 7.12. The van der Waals surface area contributed by atoms with Gasteiger partial charge in [-0.1, -0.05) is 18.2 Å². The van der Waals surface area contributed by atoms with Crippen LogP contribution in [0.1, 0.15) is 15.2 Å². The molecule has 8 heteroatoms. The predicted octanol–water partition coefficient (Wildman–Crippen LogP) is 3.54. The van der Waals surface area contributed by atoms with E-state index in [1.165, 1.54) is 17.6 Å². The van der Waals surface area contributed by atoms with Crippen molar-refractivity contribution in [2.75, 3.05) is 19.0 Å². The third-order valence-electron chi connectivity index (χ3n) is 3.76.